The molecule has 1 amide bonds. The Kier molecular flexibility index (Phi) is 7.09. The van der Waals surface area contributed by atoms with Crippen LogP contribution in [0.15, 0.2) is 67.1 Å². The van der Waals surface area contributed by atoms with Crippen molar-refractivity contribution < 1.29 is 9.53 Å². The number of anilines is 1. The van der Waals surface area contributed by atoms with Crippen LogP contribution in [0, 0.1) is 0 Å². The number of hydrogen-bond donors (Lipinski definition) is 1. The Morgan fingerprint density at radius 2 is 2.00 bits per heavy atom. The first-order valence-electron chi connectivity index (χ1n) is 12.3. The molecule has 0 radical (unpaired) electrons. The first kappa shape index (κ1) is 24.4. The number of benzene rings is 1. The topological polar surface area (TPSA) is 115 Å². The fourth-order valence-corrected chi connectivity index (χ4v) is 4.47. The maximum absolute atomic E-state index is 12.8. The number of fused-ring (bicyclic) bond motifs is 1. The summed E-state index contributed by atoms with van der Waals surface area (Å²) in [6.45, 7) is 1.99. The van der Waals surface area contributed by atoms with Gasteiger partial charge in [-0.15, -0.1) is 0 Å². The average molecular weight is 499 g/mol. The van der Waals surface area contributed by atoms with Gasteiger partial charge >= 0.3 is 0 Å². The molecule has 0 aliphatic carbocycles. The lowest BCUT2D eigenvalue weighted by Gasteiger charge is -2.32. The maximum atomic E-state index is 12.8. The zero-order valence-electron chi connectivity index (χ0n) is 21.0. The Hall–Kier alpha value is -4.31. The number of para-hydroxylation sites is 1. The molecule has 1 aliphatic rings. The Balaban J connectivity index is 1.42. The molecule has 10 nitrogen and oxygen atoms in total. The molecule has 1 aliphatic heterocycles. The van der Waals surface area contributed by atoms with E-state index in [0.29, 0.717) is 40.7 Å². The molecule has 0 spiro atoms. The second-order valence-corrected chi connectivity index (χ2v) is 9.30. The van der Waals surface area contributed by atoms with Crippen LogP contribution in [0.2, 0.25) is 0 Å². The molecule has 5 rings (SSSR count). The molecule has 4 heterocycles. The third-order valence-corrected chi connectivity index (χ3v) is 6.28. The van der Waals surface area contributed by atoms with Crippen molar-refractivity contribution in [1.82, 2.24) is 34.5 Å². The van der Waals surface area contributed by atoms with Gasteiger partial charge in [-0.2, -0.15) is 5.10 Å². The van der Waals surface area contributed by atoms with Gasteiger partial charge in [-0.25, -0.2) is 19.6 Å². The molecule has 10 heteroatoms. The van der Waals surface area contributed by atoms with E-state index in [1.165, 1.54) is 6.33 Å². The Labute approximate surface area is 215 Å². The van der Waals surface area contributed by atoms with E-state index >= 15 is 0 Å². The number of ether oxygens (including phenoxy) is 1. The monoisotopic (exact) mass is 498 g/mol. The van der Waals surface area contributed by atoms with Crippen molar-refractivity contribution >= 4 is 22.8 Å². The summed E-state index contributed by atoms with van der Waals surface area (Å²) in [6, 6.07) is 13.2. The third-order valence-electron chi connectivity index (χ3n) is 6.28. The van der Waals surface area contributed by atoms with E-state index in [1.807, 2.05) is 71.1 Å². The molecule has 0 bridgehead atoms. The second kappa shape index (κ2) is 10.8. The molecule has 0 saturated carbocycles. The average Bonchev–Trinajstić information content (AvgIpc) is 3.31. The van der Waals surface area contributed by atoms with Gasteiger partial charge in [-0.05, 0) is 45.1 Å². The molecule has 1 fully saturated rings. The number of nitrogens with two attached hydrogens (primary N) is 1. The summed E-state index contributed by atoms with van der Waals surface area (Å²) in [6.07, 6.45) is 8.46. The van der Waals surface area contributed by atoms with Gasteiger partial charge in [0.05, 0.1) is 11.4 Å². The van der Waals surface area contributed by atoms with E-state index in [9.17, 15) is 4.79 Å². The minimum Gasteiger partial charge on any atom is -0.439 e. The number of hydrogen-bond acceptors (Lipinski definition) is 8. The molecule has 4 aromatic rings. The first-order chi connectivity index (χ1) is 18.0. The predicted octanol–water partition coefficient (Wildman–Crippen LogP) is 3.54. The van der Waals surface area contributed by atoms with E-state index < -0.39 is 0 Å². The number of pyridine rings is 1. The number of nitrogens with zero attached hydrogens (tertiary/aromatic N) is 7. The number of nitrogen functional groups attached to an aromatic ring is 1. The highest BCUT2D eigenvalue weighted by molar-refractivity contribution is 5.98. The van der Waals surface area contributed by atoms with E-state index in [2.05, 4.69) is 15.0 Å². The molecular formula is C27H30N8O2. The van der Waals surface area contributed by atoms with E-state index in [1.54, 1.807) is 18.3 Å². The van der Waals surface area contributed by atoms with Crippen LogP contribution >= 0.6 is 0 Å². The Morgan fingerprint density at radius 3 is 2.76 bits per heavy atom. The fraction of sp³-hybridized carbons (Fsp3) is 0.296. The van der Waals surface area contributed by atoms with Crippen molar-refractivity contribution in [1.29, 1.82) is 0 Å². The normalized spacial score (nSPS) is 16.1. The Bertz CT molecular complexity index is 1400. The molecule has 1 saturated heterocycles. The van der Waals surface area contributed by atoms with Crippen molar-refractivity contribution in [2.45, 2.75) is 18.9 Å². The number of carbonyl (C=O) groups excluding carboxylic acids is 1. The molecule has 1 unspecified atom stereocenters. The number of amides is 1. The van der Waals surface area contributed by atoms with Crippen LogP contribution < -0.4 is 10.5 Å². The summed E-state index contributed by atoms with van der Waals surface area (Å²) < 4.78 is 7.71. The lowest BCUT2D eigenvalue weighted by molar-refractivity contribution is -0.127. The van der Waals surface area contributed by atoms with Gasteiger partial charge in [0.15, 0.2) is 5.65 Å². The summed E-state index contributed by atoms with van der Waals surface area (Å²) in [5.74, 6) is 1.55. The largest absolute Gasteiger partial charge is 0.439 e. The number of piperidine rings is 1. The van der Waals surface area contributed by atoms with Gasteiger partial charge in [0.25, 0.3) is 0 Å². The smallest absolute Gasteiger partial charge is 0.246 e. The van der Waals surface area contributed by atoms with E-state index in [4.69, 9.17) is 15.6 Å². The third kappa shape index (κ3) is 5.44. The number of carbonyl (C=O) groups is 1. The number of rotatable bonds is 7. The molecule has 1 atom stereocenters. The van der Waals surface area contributed by atoms with Crippen LogP contribution in [0.4, 0.5) is 5.82 Å². The zero-order chi connectivity index (χ0) is 25.8. The number of likely N-dealkylation sites (tertiary alicyclic amines) is 1. The number of likely N-dealkylation sites (N-methyl/N-ethyl adjacent to an activating group) is 1. The van der Waals surface area contributed by atoms with Crippen molar-refractivity contribution in [3.05, 3.63) is 67.1 Å². The van der Waals surface area contributed by atoms with E-state index in [-0.39, 0.29) is 11.9 Å². The second-order valence-electron chi connectivity index (χ2n) is 9.30. The van der Waals surface area contributed by atoms with Crippen molar-refractivity contribution in [3.63, 3.8) is 0 Å². The van der Waals surface area contributed by atoms with Crippen molar-refractivity contribution in [2.75, 3.05) is 39.5 Å². The lowest BCUT2D eigenvalue weighted by atomic mass is 10.1. The molecule has 190 valence electrons. The van der Waals surface area contributed by atoms with Crippen LogP contribution in [-0.2, 0) is 4.79 Å². The molecule has 2 N–H and O–H groups in total. The highest BCUT2D eigenvalue weighted by Crippen LogP contribution is 2.34. The van der Waals surface area contributed by atoms with Gasteiger partial charge in [0.1, 0.15) is 23.6 Å². The summed E-state index contributed by atoms with van der Waals surface area (Å²) in [4.78, 5) is 29.9. The molecule has 1 aromatic carbocycles. The highest BCUT2D eigenvalue weighted by atomic mass is 16.5. The summed E-state index contributed by atoms with van der Waals surface area (Å²) >= 11 is 0. The minimum absolute atomic E-state index is 0.00980. The Morgan fingerprint density at radius 1 is 1.16 bits per heavy atom. The first-order valence-corrected chi connectivity index (χ1v) is 12.3. The van der Waals surface area contributed by atoms with Gasteiger partial charge < -0.3 is 20.3 Å². The molecule has 3 aromatic heterocycles. The van der Waals surface area contributed by atoms with Crippen LogP contribution in [0.5, 0.6) is 11.6 Å². The van der Waals surface area contributed by atoms with Gasteiger partial charge in [-0.1, -0.05) is 24.3 Å². The minimum atomic E-state index is -0.0286. The quantitative estimate of drug-likeness (QED) is 0.385. The predicted molar refractivity (Wildman–Crippen MR) is 142 cm³/mol. The van der Waals surface area contributed by atoms with Gasteiger partial charge in [-0.3, -0.25) is 4.79 Å². The summed E-state index contributed by atoms with van der Waals surface area (Å²) in [5.41, 5.74) is 8.38. The maximum Gasteiger partial charge on any atom is 0.246 e. The van der Waals surface area contributed by atoms with Crippen molar-refractivity contribution in [2.24, 2.45) is 0 Å². The van der Waals surface area contributed by atoms with Crippen LogP contribution in [0.1, 0.15) is 18.9 Å². The van der Waals surface area contributed by atoms with Crippen molar-refractivity contribution in [3.8, 4) is 22.9 Å². The summed E-state index contributed by atoms with van der Waals surface area (Å²) in [7, 11) is 3.94. The van der Waals surface area contributed by atoms with Gasteiger partial charge in [0.2, 0.25) is 11.8 Å². The number of aromatic nitrogens is 5. The summed E-state index contributed by atoms with van der Waals surface area (Å²) in [5, 5.41) is 5.60. The van der Waals surface area contributed by atoms with Crippen LogP contribution in [0.25, 0.3) is 22.3 Å². The SMILES string of the molecule is CN(C)CC=CC(=O)N1CCCC(n2nc(-c3ccc(Oc4ccccc4)nc3)c3c(N)ncnc32)C1. The standard InChI is InChI=1S/C27H30N8O2/c1-33(2)14-7-11-23(36)34-15-6-8-20(17-34)35-27-24(26(28)30-18-31-27)25(32-35)19-12-13-22(29-16-19)37-21-9-4-3-5-10-21/h3-5,7,9-13,16,18,20H,6,8,14-15,17H2,1-2H3,(H2,28,30,31). The fourth-order valence-electron chi connectivity index (χ4n) is 4.47. The van der Waals surface area contributed by atoms with Crippen LogP contribution in [-0.4, -0.2) is 74.2 Å². The zero-order valence-corrected chi connectivity index (χ0v) is 21.0. The van der Waals surface area contributed by atoms with Crippen LogP contribution in [0.3, 0.4) is 0 Å². The van der Waals surface area contributed by atoms with E-state index in [0.717, 1.165) is 31.5 Å². The van der Waals surface area contributed by atoms with Gasteiger partial charge in [0, 0.05) is 43.5 Å². The highest BCUT2D eigenvalue weighted by Gasteiger charge is 2.28. The lowest BCUT2D eigenvalue weighted by Crippen LogP contribution is -2.40. The molecule has 37 heavy (non-hydrogen) atoms. The molecular weight excluding hydrogens is 468 g/mol.